The van der Waals surface area contributed by atoms with Crippen molar-refractivity contribution < 1.29 is 14.4 Å². The summed E-state index contributed by atoms with van der Waals surface area (Å²) >= 11 is 0. The second kappa shape index (κ2) is 22.3. The summed E-state index contributed by atoms with van der Waals surface area (Å²) in [4.78, 5) is 13.2. The predicted molar refractivity (Wildman–Crippen MR) is 208 cm³/mol. The largest absolute Gasteiger partial charge is 0.485 e. The van der Waals surface area contributed by atoms with E-state index in [1.165, 1.54) is 43.2 Å². The minimum atomic E-state index is -0.351. The molecule has 1 atom stereocenters. The average Bonchev–Trinajstić information content (AvgIpc) is 3.12. The first-order valence-corrected chi connectivity index (χ1v) is 17.8. The number of nitro benzene ring substituents is 1. The molecule has 0 saturated heterocycles. The van der Waals surface area contributed by atoms with Gasteiger partial charge >= 0.3 is 0 Å². The molecule has 0 heterocycles. The van der Waals surface area contributed by atoms with E-state index in [0.29, 0.717) is 19.3 Å². The Morgan fingerprint density at radius 1 is 0.760 bits per heavy atom. The van der Waals surface area contributed by atoms with E-state index >= 15 is 0 Å². The van der Waals surface area contributed by atoms with Gasteiger partial charge in [-0.05, 0) is 99.4 Å². The molecule has 0 amide bonds. The topological polar surface area (TPSA) is 76.9 Å². The lowest BCUT2D eigenvalue weighted by atomic mass is 9.86. The molecule has 7 nitrogen and oxygen atoms in total. The lowest BCUT2D eigenvalue weighted by molar-refractivity contribution is -0.384. The number of unbranched alkanes of at least 4 members (excludes halogenated alkanes) is 3. The molecule has 0 saturated carbocycles. The van der Waals surface area contributed by atoms with Crippen molar-refractivity contribution in [1.82, 2.24) is 10.2 Å². The highest BCUT2D eigenvalue weighted by molar-refractivity contribution is 5.85. The maximum absolute atomic E-state index is 10.8. The molecule has 0 aliphatic heterocycles. The van der Waals surface area contributed by atoms with Crippen LogP contribution in [0.1, 0.15) is 73.3 Å². The zero-order valence-corrected chi connectivity index (χ0v) is 30.9. The molecule has 1 aliphatic carbocycles. The lowest BCUT2D eigenvalue weighted by Gasteiger charge is -2.36. The van der Waals surface area contributed by atoms with Crippen LogP contribution >= 0.6 is 24.8 Å². The van der Waals surface area contributed by atoms with Gasteiger partial charge < -0.3 is 19.7 Å². The fourth-order valence-electron chi connectivity index (χ4n) is 6.65. The third kappa shape index (κ3) is 12.6. The Labute approximate surface area is 310 Å². The van der Waals surface area contributed by atoms with Crippen LogP contribution in [0, 0.1) is 10.1 Å². The lowest BCUT2D eigenvalue weighted by Crippen LogP contribution is -2.40. The SMILES string of the molecule is CCCN(CCCCCCNCCc1ccc([N+](=O)[O-])cc1)[C@H]1CCc2c(ccc(OCc3ccccc3)c2OCc2ccccc2)C1.Cl.Cl. The predicted octanol–water partition coefficient (Wildman–Crippen LogP) is 9.56. The van der Waals surface area contributed by atoms with E-state index in [2.05, 4.69) is 65.7 Å². The number of ether oxygens (including phenoxy) is 2. The Kier molecular flexibility index (Phi) is 18.2. The van der Waals surface area contributed by atoms with Crippen molar-refractivity contribution in [3.63, 3.8) is 0 Å². The Balaban J connectivity index is 0.00000338. The molecule has 0 aromatic heterocycles. The van der Waals surface area contributed by atoms with Gasteiger partial charge in [-0.3, -0.25) is 10.1 Å². The van der Waals surface area contributed by atoms with Crippen molar-refractivity contribution in [3.05, 3.63) is 135 Å². The molecule has 0 bridgehead atoms. The van der Waals surface area contributed by atoms with Crippen LogP contribution in [-0.4, -0.2) is 42.0 Å². The molecule has 0 radical (unpaired) electrons. The number of rotatable bonds is 20. The molecule has 5 rings (SSSR count). The Morgan fingerprint density at radius 2 is 1.42 bits per heavy atom. The van der Waals surface area contributed by atoms with Crippen LogP contribution in [0.25, 0.3) is 0 Å². The van der Waals surface area contributed by atoms with Gasteiger partial charge in [-0.2, -0.15) is 0 Å². The number of halogens is 2. The van der Waals surface area contributed by atoms with E-state index < -0.39 is 0 Å². The quantitative estimate of drug-likeness (QED) is 0.0557. The number of nitrogens with one attached hydrogen (secondary N) is 1. The van der Waals surface area contributed by atoms with Crippen LogP contribution in [0.5, 0.6) is 11.5 Å². The van der Waals surface area contributed by atoms with Crippen LogP contribution in [0.15, 0.2) is 97.1 Å². The Morgan fingerprint density at radius 3 is 2.08 bits per heavy atom. The number of hydrogen-bond donors (Lipinski definition) is 1. The molecule has 4 aromatic rings. The van der Waals surface area contributed by atoms with Crippen LogP contribution in [0.2, 0.25) is 0 Å². The van der Waals surface area contributed by atoms with Crippen molar-refractivity contribution in [1.29, 1.82) is 0 Å². The van der Waals surface area contributed by atoms with Gasteiger partial charge in [-0.25, -0.2) is 0 Å². The third-order valence-electron chi connectivity index (χ3n) is 9.28. The number of non-ortho nitro benzene ring substituents is 1. The molecule has 1 aliphatic rings. The molecule has 4 aromatic carbocycles. The van der Waals surface area contributed by atoms with Crippen LogP contribution in [0.3, 0.4) is 0 Å². The second-order valence-corrected chi connectivity index (χ2v) is 12.8. The van der Waals surface area contributed by atoms with E-state index in [1.807, 2.05) is 36.4 Å². The van der Waals surface area contributed by atoms with Crippen molar-refractivity contribution in [3.8, 4) is 11.5 Å². The summed E-state index contributed by atoms with van der Waals surface area (Å²) in [5.41, 5.74) is 6.28. The summed E-state index contributed by atoms with van der Waals surface area (Å²) in [6.45, 7) is 7.53. The zero-order chi connectivity index (χ0) is 33.4. The first-order valence-electron chi connectivity index (χ1n) is 17.8. The van der Waals surface area contributed by atoms with Crippen molar-refractivity contribution in [2.24, 2.45) is 0 Å². The second-order valence-electron chi connectivity index (χ2n) is 12.8. The van der Waals surface area contributed by atoms with Crippen molar-refractivity contribution in [2.45, 2.75) is 84.0 Å². The highest BCUT2D eigenvalue weighted by Crippen LogP contribution is 2.39. The van der Waals surface area contributed by atoms with E-state index in [-0.39, 0.29) is 35.4 Å². The summed E-state index contributed by atoms with van der Waals surface area (Å²) in [6.07, 6.45) is 10.1. The normalized spacial score (nSPS) is 13.5. The summed E-state index contributed by atoms with van der Waals surface area (Å²) in [5, 5.41) is 14.4. The van der Waals surface area contributed by atoms with Crippen LogP contribution in [-0.2, 0) is 32.5 Å². The minimum absolute atomic E-state index is 0. The number of nitro groups is 1. The zero-order valence-electron chi connectivity index (χ0n) is 29.3. The molecule has 0 fully saturated rings. The first-order chi connectivity index (χ1) is 23.6. The number of benzene rings is 4. The van der Waals surface area contributed by atoms with E-state index in [0.717, 1.165) is 80.1 Å². The van der Waals surface area contributed by atoms with E-state index in [9.17, 15) is 10.1 Å². The maximum atomic E-state index is 10.8. The fourth-order valence-corrected chi connectivity index (χ4v) is 6.65. The van der Waals surface area contributed by atoms with Gasteiger partial charge in [0.25, 0.3) is 5.69 Å². The van der Waals surface area contributed by atoms with Gasteiger partial charge in [0.2, 0.25) is 0 Å². The first kappa shape index (κ1) is 40.8. The van der Waals surface area contributed by atoms with Crippen LogP contribution in [0.4, 0.5) is 5.69 Å². The van der Waals surface area contributed by atoms with Gasteiger partial charge in [-0.1, -0.05) is 98.6 Å². The summed E-state index contributed by atoms with van der Waals surface area (Å²) in [5.74, 6) is 1.74. The van der Waals surface area contributed by atoms with Gasteiger partial charge in [0.15, 0.2) is 11.5 Å². The van der Waals surface area contributed by atoms with Crippen molar-refractivity contribution in [2.75, 3.05) is 26.2 Å². The summed E-state index contributed by atoms with van der Waals surface area (Å²) < 4.78 is 12.9. The fraction of sp³-hybridized carbons (Fsp3) is 0.415. The molecule has 0 unspecified atom stereocenters. The minimum Gasteiger partial charge on any atom is -0.485 e. The smallest absolute Gasteiger partial charge is 0.269 e. The molecular weight excluding hydrogens is 669 g/mol. The molecule has 50 heavy (non-hydrogen) atoms. The Bertz CT molecular complexity index is 1540. The number of hydrogen-bond acceptors (Lipinski definition) is 6. The highest BCUT2D eigenvalue weighted by atomic mass is 35.5. The molecule has 0 spiro atoms. The molecular formula is C41H53Cl2N3O4. The third-order valence-corrected chi connectivity index (χ3v) is 9.28. The highest BCUT2D eigenvalue weighted by Gasteiger charge is 2.27. The number of nitrogens with zero attached hydrogens (tertiary/aromatic N) is 2. The summed E-state index contributed by atoms with van der Waals surface area (Å²) in [7, 11) is 0. The maximum Gasteiger partial charge on any atom is 0.269 e. The standard InChI is InChI=1S/C41H51N3O4.2ClH/c1-2-28-43(29-12-4-3-11-26-42-27-25-33-17-20-37(21-18-33)44(45)46)38-22-23-39-36(30-38)19-24-40(47-31-34-13-7-5-8-14-34)41(39)48-32-35-15-9-6-10-16-35;;/h5-10,13-21,24,38,42H,2-4,11-12,22-23,25-32H2,1H3;2*1H/t38-;;/m0../s1. The number of fused-ring (bicyclic) bond motifs is 1. The Hall–Kier alpha value is -3.62. The molecule has 270 valence electrons. The molecule has 1 N–H and O–H groups in total. The average molecular weight is 723 g/mol. The van der Waals surface area contributed by atoms with Gasteiger partial charge in [0.1, 0.15) is 13.2 Å². The van der Waals surface area contributed by atoms with Gasteiger partial charge in [-0.15, -0.1) is 24.8 Å². The van der Waals surface area contributed by atoms with Crippen LogP contribution < -0.4 is 14.8 Å². The van der Waals surface area contributed by atoms with Gasteiger partial charge in [0, 0.05) is 23.7 Å². The van der Waals surface area contributed by atoms with E-state index in [1.54, 1.807) is 12.1 Å². The molecule has 9 heteroatoms. The summed E-state index contributed by atoms with van der Waals surface area (Å²) in [6, 6.07) is 32.5. The monoisotopic (exact) mass is 721 g/mol. The van der Waals surface area contributed by atoms with Crippen molar-refractivity contribution >= 4 is 30.5 Å². The van der Waals surface area contributed by atoms with Gasteiger partial charge in [0.05, 0.1) is 4.92 Å². The van der Waals surface area contributed by atoms with E-state index in [4.69, 9.17) is 9.47 Å².